The molecule has 104 valence electrons. The molecule has 2 unspecified atom stereocenters. The van der Waals surface area contributed by atoms with E-state index in [0.29, 0.717) is 6.04 Å². The van der Waals surface area contributed by atoms with Crippen molar-refractivity contribution >= 4 is 27.7 Å². The quantitative estimate of drug-likeness (QED) is 0.892. The molecule has 19 heavy (non-hydrogen) atoms. The standard InChI is InChI=1S/C15H20BrNOS/c1-2-6-17-13-9-15(5-7-19-10-15)18-14-4-3-11(16)8-12(13)14/h3-4,8,13,17H,2,5-7,9-10H2,1H3. The summed E-state index contributed by atoms with van der Waals surface area (Å²) < 4.78 is 7.50. The fourth-order valence-corrected chi connectivity index (χ4v) is 4.70. The van der Waals surface area contributed by atoms with Gasteiger partial charge in [-0.3, -0.25) is 0 Å². The van der Waals surface area contributed by atoms with Crippen molar-refractivity contribution in [2.24, 2.45) is 0 Å². The van der Waals surface area contributed by atoms with E-state index in [-0.39, 0.29) is 5.60 Å². The van der Waals surface area contributed by atoms with Crippen LogP contribution in [0.2, 0.25) is 0 Å². The Morgan fingerprint density at radius 2 is 2.42 bits per heavy atom. The van der Waals surface area contributed by atoms with Crippen molar-refractivity contribution in [2.75, 3.05) is 18.1 Å². The van der Waals surface area contributed by atoms with Gasteiger partial charge in [0.15, 0.2) is 0 Å². The molecule has 2 atom stereocenters. The smallest absolute Gasteiger partial charge is 0.125 e. The maximum atomic E-state index is 6.36. The second kappa shape index (κ2) is 5.66. The molecule has 0 aromatic heterocycles. The summed E-state index contributed by atoms with van der Waals surface area (Å²) in [5, 5.41) is 3.70. The van der Waals surface area contributed by atoms with Gasteiger partial charge in [-0.25, -0.2) is 0 Å². The molecule has 1 N–H and O–H groups in total. The number of halogens is 1. The summed E-state index contributed by atoms with van der Waals surface area (Å²) in [4.78, 5) is 0. The zero-order valence-corrected chi connectivity index (χ0v) is 13.6. The molecule has 2 heterocycles. The lowest BCUT2D eigenvalue weighted by Crippen LogP contribution is -2.44. The first-order valence-corrected chi connectivity index (χ1v) is 8.97. The molecule has 0 saturated carbocycles. The van der Waals surface area contributed by atoms with Crippen LogP contribution in [0.4, 0.5) is 0 Å². The molecule has 1 saturated heterocycles. The monoisotopic (exact) mass is 341 g/mol. The van der Waals surface area contributed by atoms with E-state index >= 15 is 0 Å². The van der Waals surface area contributed by atoms with Gasteiger partial charge in [-0.15, -0.1) is 0 Å². The molecule has 0 bridgehead atoms. The van der Waals surface area contributed by atoms with Crippen LogP contribution in [0.5, 0.6) is 5.75 Å². The van der Waals surface area contributed by atoms with Gasteiger partial charge >= 0.3 is 0 Å². The van der Waals surface area contributed by atoms with Crippen LogP contribution >= 0.6 is 27.7 Å². The van der Waals surface area contributed by atoms with Crippen molar-refractivity contribution in [3.63, 3.8) is 0 Å². The van der Waals surface area contributed by atoms with Gasteiger partial charge in [0.05, 0.1) is 0 Å². The maximum absolute atomic E-state index is 6.36. The molecular weight excluding hydrogens is 322 g/mol. The highest BCUT2D eigenvalue weighted by Gasteiger charge is 2.43. The minimum Gasteiger partial charge on any atom is -0.486 e. The van der Waals surface area contributed by atoms with Gasteiger partial charge in [0.1, 0.15) is 11.4 Å². The number of hydrogen-bond acceptors (Lipinski definition) is 3. The fraction of sp³-hybridized carbons (Fsp3) is 0.600. The molecule has 0 amide bonds. The summed E-state index contributed by atoms with van der Waals surface area (Å²) in [5.41, 5.74) is 1.38. The van der Waals surface area contributed by atoms with Crippen molar-refractivity contribution in [2.45, 2.75) is 37.8 Å². The maximum Gasteiger partial charge on any atom is 0.125 e. The van der Waals surface area contributed by atoms with Gasteiger partial charge in [-0.05, 0) is 43.3 Å². The summed E-state index contributed by atoms with van der Waals surface area (Å²) in [6.45, 7) is 3.29. The van der Waals surface area contributed by atoms with Crippen LogP contribution in [0.1, 0.15) is 37.8 Å². The second-order valence-electron chi connectivity index (χ2n) is 5.48. The Labute approximate surface area is 127 Å². The molecule has 2 nitrogen and oxygen atoms in total. The Kier molecular flexibility index (Phi) is 4.11. The minimum atomic E-state index is 0.0664. The Morgan fingerprint density at radius 1 is 1.53 bits per heavy atom. The van der Waals surface area contributed by atoms with Crippen molar-refractivity contribution in [3.05, 3.63) is 28.2 Å². The largest absolute Gasteiger partial charge is 0.486 e. The summed E-state index contributed by atoms with van der Waals surface area (Å²) in [7, 11) is 0. The van der Waals surface area contributed by atoms with Gasteiger partial charge in [0, 0.05) is 28.3 Å². The minimum absolute atomic E-state index is 0.0664. The zero-order valence-electron chi connectivity index (χ0n) is 11.2. The van der Waals surface area contributed by atoms with Crippen LogP contribution in [-0.4, -0.2) is 23.7 Å². The first-order chi connectivity index (χ1) is 9.22. The van der Waals surface area contributed by atoms with Gasteiger partial charge < -0.3 is 10.1 Å². The third-order valence-electron chi connectivity index (χ3n) is 3.96. The molecule has 0 aliphatic carbocycles. The molecule has 2 aliphatic heterocycles. The summed E-state index contributed by atoms with van der Waals surface area (Å²) >= 11 is 5.59. The van der Waals surface area contributed by atoms with Crippen LogP contribution in [0.15, 0.2) is 22.7 Å². The highest BCUT2D eigenvalue weighted by atomic mass is 79.9. The number of rotatable bonds is 3. The number of ether oxygens (including phenoxy) is 1. The predicted octanol–water partition coefficient (Wildman–Crippen LogP) is 4.15. The zero-order chi connectivity index (χ0) is 13.3. The number of benzene rings is 1. The molecule has 3 rings (SSSR count). The topological polar surface area (TPSA) is 21.3 Å². The van der Waals surface area contributed by atoms with Crippen molar-refractivity contribution < 1.29 is 4.74 Å². The normalized spacial score (nSPS) is 29.3. The molecule has 2 aliphatic rings. The summed E-state index contributed by atoms with van der Waals surface area (Å²) in [5.74, 6) is 3.43. The van der Waals surface area contributed by atoms with Gasteiger partial charge in [-0.1, -0.05) is 22.9 Å². The third kappa shape index (κ3) is 2.81. The number of thioether (sulfide) groups is 1. The van der Waals surface area contributed by atoms with Crippen LogP contribution < -0.4 is 10.1 Å². The van der Waals surface area contributed by atoms with Crippen molar-refractivity contribution in [1.82, 2.24) is 5.32 Å². The summed E-state index contributed by atoms with van der Waals surface area (Å²) in [6.07, 6.45) is 3.45. The Bertz CT molecular complexity index is 459. The number of fused-ring (bicyclic) bond motifs is 1. The Hall–Kier alpha value is -0.190. The van der Waals surface area contributed by atoms with E-state index in [1.54, 1.807) is 0 Å². The van der Waals surface area contributed by atoms with Gasteiger partial charge in [0.25, 0.3) is 0 Å². The number of hydrogen-bond donors (Lipinski definition) is 1. The van der Waals surface area contributed by atoms with E-state index < -0.39 is 0 Å². The average Bonchev–Trinajstić information content (AvgIpc) is 2.85. The number of nitrogens with one attached hydrogen (secondary N) is 1. The molecule has 4 heteroatoms. The highest BCUT2D eigenvalue weighted by molar-refractivity contribution is 9.10. The van der Waals surface area contributed by atoms with E-state index in [4.69, 9.17) is 4.74 Å². The first kappa shape index (κ1) is 13.8. The molecule has 1 aromatic carbocycles. The average molecular weight is 342 g/mol. The van der Waals surface area contributed by atoms with Crippen LogP contribution in [0.3, 0.4) is 0 Å². The first-order valence-electron chi connectivity index (χ1n) is 7.02. The molecule has 0 radical (unpaired) electrons. The van der Waals surface area contributed by atoms with Crippen molar-refractivity contribution in [1.29, 1.82) is 0 Å². The molecular formula is C15H20BrNOS. The predicted molar refractivity (Wildman–Crippen MR) is 85.1 cm³/mol. The molecule has 1 aromatic rings. The fourth-order valence-electron chi connectivity index (χ4n) is 2.97. The van der Waals surface area contributed by atoms with E-state index in [1.165, 1.54) is 24.2 Å². The lowest BCUT2D eigenvalue weighted by molar-refractivity contribution is 0.0552. The second-order valence-corrected chi connectivity index (χ2v) is 7.50. The molecule has 1 fully saturated rings. The lowest BCUT2D eigenvalue weighted by Gasteiger charge is -2.40. The summed E-state index contributed by atoms with van der Waals surface area (Å²) in [6, 6.07) is 6.83. The highest BCUT2D eigenvalue weighted by Crippen LogP contribution is 2.46. The third-order valence-corrected chi connectivity index (χ3v) is 5.67. The van der Waals surface area contributed by atoms with E-state index in [9.17, 15) is 0 Å². The van der Waals surface area contributed by atoms with Crippen LogP contribution in [-0.2, 0) is 0 Å². The van der Waals surface area contributed by atoms with Crippen LogP contribution in [0.25, 0.3) is 0 Å². The SMILES string of the molecule is CCCNC1CC2(CCSC2)Oc2ccc(Br)cc21. The van der Waals surface area contributed by atoms with Crippen molar-refractivity contribution in [3.8, 4) is 5.75 Å². The molecule has 1 spiro atoms. The van der Waals surface area contributed by atoms with Gasteiger partial charge in [0.2, 0.25) is 0 Å². The van der Waals surface area contributed by atoms with E-state index in [1.807, 2.05) is 11.8 Å². The van der Waals surface area contributed by atoms with E-state index in [0.717, 1.165) is 28.9 Å². The Morgan fingerprint density at radius 3 is 3.16 bits per heavy atom. The van der Waals surface area contributed by atoms with E-state index in [2.05, 4.69) is 46.4 Å². The lowest BCUT2D eigenvalue weighted by atomic mass is 9.86. The van der Waals surface area contributed by atoms with Crippen LogP contribution in [0, 0.1) is 0 Å². The van der Waals surface area contributed by atoms with Gasteiger partial charge in [-0.2, -0.15) is 11.8 Å². The Balaban J connectivity index is 1.91.